The molecule has 1 amide bonds. The molecule has 13 heteroatoms. The molecule has 1 aliphatic heterocycles. The monoisotopic (exact) mass is 1020 g/mol. The first kappa shape index (κ1) is 62.5. The molecule has 0 saturated heterocycles. The molecule has 0 radical (unpaired) electrons. The molecule has 0 fully saturated rings. The number of phosphoric ester groups is 1. The minimum absolute atomic E-state index is 0.0621. The number of nitrogens with zero attached hydrogens (tertiary/aromatic N) is 1. The standard InChI is InChI=1S/C59H93N2O10P/c1-12-13-14-15-16-17-18-19-20-21-22-23-24-25-26-30-55(71-72(67,68)69-36-35-61(9,10)11)50-33-31-49(32-34-50)40-51-52-38-42(2)37-45(5)56(64)46(6)39-47(7)58(70-48(8)62)43(3)28-27-29-44(4)59(66)60-53(57(52)65)41-54(51)63/h27-29,31-34,39,41-43,45-46,55-56,58,64H,12-26,30,35-38,40H2,1-11H3,(H-,60,63,66,67,68)/p+1/b28-27-,44-29+,47-39+/t42-,43-,45-,46-,55?,56-,58+/m0/s1. The van der Waals surface area contributed by atoms with Crippen molar-refractivity contribution in [2.75, 3.05) is 34.3 Å². The lowest BCUT2D eigenvalue weighted by Crippen LogP contribution is -2.37. The Morgan fingerprint density at radius 2 is 1.42 bits per heavy atom. The number of benzene rings is 1. The van der Waals surface area contributed by atoms with Crippen molar-refractivity contribution in [3.8, 4) is 0 Å². The molecule has 404 valence electrons. The molecule has 0 aromatic heterocycles. The lowest BCUT2D eigenvalue weighted by atomic mass is 9.80. The van der Waals surface area contributed by atoms with Gasteiger partial charge in [0.15, 0.2) is 5.78 Å². The molecular formula is C59H94N2O10P+. The largest absolute Gasteiger partial charge is 0.472 e. The molecule has 2 aliphatic rings. The molecule has 1 aliphatic carbocycles. The number of esters is 1. The van der Waals surface area contributed by atoms with Crippen LogP contribution in [0.3, 0.4) is 0 Å². The Morgan fingerprint density at radius 1 is 0.847 bits per heavy atom. The summed E-state index contributed by atoms with van der Waals surface area (Å²) < 4.78 is 31.0. The number of carbonyl (C=O) groups excluding carboxylic acids is 4. The van der Waals surface area contributed by atoms with Crippen LogP contribution >= 0.6 is 7.82 Å². The summed E-state index contributed by atoms with van der Waals surface area (Å²) in [4.78, 5) is 65.0. The van der Waals surface area contributed by atoms with Gasteiger partial charge in [0, 0.05) is 48.0 Å². The predicted octanol–water partition coefficient (Wildman–Crippen LogP) is 12.9. The molecule has 0 saturated carbocycles. The van der Waals surface area contributed by atoms with Crippen LogP contribution in [0.1, 0.15) is 188 Å². The number of aliphatic hydroxyl groups is 1. The zero-order valence-corrected chi connectivity index (χ0v) is 47.0. The number of quaternary nitrogens is 1. The van der Waals surface area contributed by atoms with Gasteiger partial charge in [-0.3, -0.25) is 28.2 Å². The number of Topliss-reactive ketones (excluding diaryl/α,β-unsaturated/α-hetero) is 1. The predicted molar refractivity (Wildman–Crippen MR) is 290 cm³/mol. The van der Waals surface area contributed by atoms with Crippen LogP contribution in [0.4, 0.5) is 0 Å². The molecule has 8 atom stereocenters. The van der Waals surface area contributed by atoms with E-state index in [9.17, 15) is 33.7 Å². The smallest absolute Gasteiger partial charge is 0.457 e. The fourth-order valence-electron chi connectivity index (χ4n) is 9.79. The highest BCUT2D eigenvalue weighted by atomic mass is 31.2. The van der Waals surface area contributed by atoms with Crippen LogP contribution in [0.2, 0.25) is 0 Å². The minimum atomic E-state index is -4.41. The van der Waals surface area contributed by atoms with E-state index in [1.807, 2.05) is 92.2 Å². The van der Waals surface area contributed by atoms with Crippen molar-refractivity contribution in [3.63, 3.8) is 0 Å². The van der Waals surface area contributed by atoms with E-state index in [0.717, 1.165) is 36.8 Å². The van der Waals surface area contributed by atoms with Gasteiger partial charge in [-0.05, 0) is 61.6 Å². The average Bonchev–Trinajstić information content (AvgIpc) is 3.30. The van der Waals surface area contributed by atoms with E-state index in [0.29, 0.717) is 46.2 Å². The second-order valence-corrected chi connectivity index (χ2v) is 23.5. The van der Waals surface area contributed by atoms with Crippen molar-refractivity contribution in [3.05, 3.63) is 93.8 Å². The summed E-state index contributed by atoms with van der Waals surface area (Å²) in [6, 6.07) is 7.43. The summed E-state index contributed by atoms with van der Waals surface area (Å²) in [5.74, 6) is -2.64. The van der Waals surface area contributed by atoms with Gasteiger partial charge in [-0.25, -0.2) is 4.57 Å². The van der Waals surface area contributed by atoms with Gasteiger partial charge in [0.25, 0.3) is 5.91 Å². The van der Waals surface area contributed by atoms with E-state index >= 15 is 0 Å². The third kappa shape index (κ3) is 23.2. The summed E-state index contributed by atoms with van der Waals surface area (Å²) in [7, 11) is 1.54. The van der Waals surface area contributed by atoms with Crippen LogP contribution < -0.4 is 5.32 Å². The van der Waals surface area contributed by atoms with E-state index in [2.05, 4.69) is 12.2 Å². The molecule has 12 nitrogen and oxygen atoms in total. The average molecular weight is 1020 g/mol. The van der Waals surface area contributed by atoms with Gasteiger partial charge in [-0.15, -0.1) is 0 Å². The highest BCUT2D eigenvalue weighted by molar-refractivity contribution is 7.47. The maximum absolute atomic E-state index is 14.4. The van der Waals surface area contributed by atoms with Gasteiger partial charge in [0.2, 0.25) is 5.78 Å². The highest BCUT2D eigenvalue weighted by Crippen LogP contribution is 2.49. The Hall–Kier alpha value is -3.77. The molecule has 72 heavy (non-hydrogen) atoms. The number of hydrogen-bond donors (Lipinski definition) is 3. The first-order chi connectivity index (χ1) is 34.0. The summed E-state index contributed by atoms with van der Waals surface area (Å²) in [5.41, 5.74) is 3.13. The molecule has 0 spiro atoms. The minimum Gasteiger partial charge on any atom is -0.457 e. The van der Waals surface area contributed by atoms with E-state index in [-0.39, 0.29) is 54.6 Å². The second-order valence-electron chi connectivity index (χ2n) is 22.1. The molecule has 1 aromatic rings. The molecule has 3 rings (SSSR count). The summed E-state index contributed by atoms with van der Waals surface area (Å²) in [6.45, 7) is 15.5. The highest BCUT2D eigenvalue weighted by Gasteiger charge is 2.33. The maximum atomic E-state index is 14.4. The second kappa shape index (κ2) is 31.8. The lowest BCUT2D eigenvalue weighted by molar-refractivity contribution is -0.870. The number of allylic oxidation sites excluding steroid dienone is 5. The number of rotatable bonds is 26. The Labute approximate surface area is 434 Å². The van der Waals surface area contributed by atoms with Crippen LogP contribution in [0.25, 0.3) is 0 Å². The zero-order valence-electron chi connectivity index (χ0n) is 46.1. The number of amides is 1. The van der Waals surface area contributed by atoms with Crippen LogP contribution in [-0.2, 0) is 43.9 Å². The molecular weight excluding hydrogens is 928 g/mol. The molecule has 2 bridgehead atoms. The SMILES string of the molecule is CCCCCCCCCCCCCCCCCC(OP(=O)(O)OCC[N+](C)(C)C)c1ccc(CC2=C3C[C@@H](C)C[C@H](C)[C@H](O)[C@@H](C)/C=C(\C)[C@H](OC(C)=O)[C@@H](C)/C=C\C=C(/C)C(=O)NC(=CC2=O)C3=O)cc1. The number of nitrogens with one attached hydrogen (secondary N) is 1. The Kier molecular flexibility index (Phi) is 27.7. The van der Waals surface area contributed by atoms with E-state index in [1.54, 1.807) is 19.1 Å². The molecule has 1 aromatic carbocycles. The lowest BCUT2D eigenvalue weighted by Gasteiger charge is -2.28. The first-order valence-corrected chi connectivity index (χ1v) is 28.8. The fourth-order valence-corrected chi connectivity index (χ4v) is 10.7. The number of carbonyl (C=O) groups is 4. The Balaban J connectivity index is 1.83. The maximum Gasteiger partial charge on any atom is 0.472 e. The molecule has 2 unspecified atom stereocenters. The van der Waals surface area contributed by atoms with Crippen LogP contribution in [-0.4, -0.2) is 84.4 Å². The third-order valence-corrected chi connectivity index (χ3v) is 15.1. The third-order valence-electron chi connectivity index (χ3n) is 14.1. The molecule has 3 N–H and O–H groups in total. The number of ketones is 2. The summed E-state index contributed by atoms with van der Waals surface area (Å²) >= 11 is 0. The Bertz CT molecular complexity index is 2100. The Morgan fingerprint density at radius 3 is 1.97 bits per heavy atom. The van der Waals surface area contributed by atoms with E-state index < -0.39 is 43.8 Å². The number of aliphatic hydroxyl groups excluding tert-OH is 1. The summed E-state index contributed by atoms with van der Waals surface area (Å²) in [6.07, 6.45) is 26.3. The van der Waals surface area contributed by atoms with Crippen molar-refractivity contribution >= 4 is 31.3 Å². The van der Waals surface area contributed by atoms with E-state index in [1.165, 1.54) is 83.6 Å². The van der Waals surface area contributed by atoms with Crippen molar-refractivity contribution in [2.24, 2.45) is 23.7 Å². The van der Waals surface area contributed by atoms with Gasteiger partial charge < -0.3 is 24.5 Å². The van der Waals surface area contributed by atoms with Gasteiger partial charge >= 0.3 is 13.8 Å². The fraction of sp³-hybridized carbons (Fsp3) is 0.661. The number of unbranched alkanes of at least 4 members (excludes halogenated alkanes) is 14. The topological polar surface area (TPSA) is 166 Å². The van der Waals surface area contributed by atoms with Gasteiger partial charge in [-0.1, -0.05) is 180 Å². The van der Waals surface area contributed by atoms with E-state index in [4.69, 9.17) is 13.8 Å². The van der Waals surface area contributed by atoms with Crippen molar-refractivity contribution in [2.45, 2.75) is 196 Å². The summed E-state index contributed by atoms with van der Waals surface area (Å²) in [5, 5.41) is 14.3. The number of ether oxygens (including phenoxy) is 1. The number of hydrogen-bond acceptors (Lipinski definition) is 9. The number of fused-ring (bicyclic) bond motifs is 2. The van der Waals surface area contributed by atoms with Crippen molar-refractivity contribution in [1.82, 2.24) is 5.32 Å². The normalized spacial score (nSPS) is 25.1. The van der Waals surface area contributed by atoms with Crippen LogP contribution in [0.15, 0.2) is 82.6 Å². The quantitative estimate of drug-likeness (QED) is 0.0203. The van der Waals surface area contributed by atoms with Gasteiger partial charge in [0.1, 0.15) is 19.3 Å². The zero-order chi connectivity index (χ0) is 53.4. The van der Waals surface area contributed by atoms with Gasteiger partial charge in [0.05, 0.1) is 39.0 Å². The van der Waals surface area contributed by atoms with Crippen molar-refractivity contribution in [1.29, 1.82) is 0 Å². The van der Waals surface area contributed by atoms with Crippen molar-refractivity contribution < 1.29 is 52.0 Å². The van der Waals surface area contributed by atoms with Gasteiger partial charge in [-0.2, -0.15) is 0 Å². The molecule has 1 heterocycles. The van der Waals surface area contributed by atoms with Crippen LogP contribution in [0.5, 0.6) is 0 Å². The number of likely N-dealkylation sites (N-methyl/N-ethyl adjacent to an activating group) is 1. The number of phosphoric acid groups is 1. The first-order valence-electron chi connectivity index (χ1n) is 27.3. The van der Waals surface area contributed by atoms with Crippen LogP contribution in [0, 0.1) is 23.7 Å².